The molecule has 1 unspecified atom stereocenters. The van der Waals surface area contributed by atoms with Gasteiger partial charge in [0.05, 0.1) is 21.3 Å². The third kappa shape index (κ3) is 4.24. The average Bonchev–Trinajstić information content (AvgIpc) is 2.66. The van der Waals surface area contributed by atoms with Crippen LogP contribution in [0.1, 0.15) is 18.1 Å². The van der Waals surface area contributed by atoms with Gasteiger partial charge in [-0.2, -0.15) is 4.98 Å². The molecule has 2 rings (SSSR count). The van der Waals surface area contributed by atoms with E-state index in [1.807, 2.05) is 18.2 Å². The second kappa shape index (κ2) is 8.11. The molecule has 2 aromatic rings. The first-order valence-corrected chi connectivity index (χ1v) is 7.63. The molecule has 1 heterocycles. The highest BCUT2D eigenvalue weighted by atomic mass is 16.5. The quantitative estimate of drug-likeness (QED) is 0.722. The molecular weight excluding hydrogens is 318 g/mol. The van der Waals surface area contributed by atoms with Gasteiger partial charge in [0.25, 0.3) is 0 Å². The Bertz CT molecular complexity index is 786. The molecule has 0 bridgehead atoms. The number of pyridine rings is 1. The minimum absolute atomic E-state index is 0.376. The van der Waals surface area contributed by atoms with Crippen molar-refractivity contribution in [2.24, 2.45) is 0 Å². The van der Waals surface area contributed by atoms with E-state index in [1.54, 1.807) is 40.4 Å². The lowest BCUT2D eigenvalue weighted by Gasteiger charge is -2.15. The number of ether oxygens (including phenoxy) is 4. The summed E-state index contributed by atoms with van der Waals surface area (Å²) in [5, 5.41) is 0. The fraction of sp³-hybridized carbons (Fsp3) is 0.250. The van der Waals surface area contributed by atoms with Gasteiger partial charge in [0.15, 0.2) is 17.6 Å². The van der Waals surface area contributed by atoms with Crippen molar-refractivity contribution in [1.29, 1.82) is 0 Å². The fourth-order valence-electron chi connectivity index (χ4n) is 2.21. The molecule has 130 valence electrons. The number of nitrogens with zero attached hydrogens (tertiary/aromatic N) is 1. The highest BCUT2D eigenvalue weighted by Crippen LogP contribution is 2.34. The van der Waals surface area contributed by atoms with Crippen molar-refractivity contribution < 1.29 is 18.9 Å². The highest BCUT2D eigenvalue weighted by Gasteiger charge is 2.13. The Morgan fingerprint density at radius 1 is 1.00 bits per heavy atom. The number of terminal acetylenes is 1. The van der Waals surface area contributed by atoms with E-state index in [0.29, 0.717) is 23.3 Å². The molecular formula is C20H21NO4. The van der Waals surface area contributed by atoms with Crippen LogP contribution in [-0.2, 0) is 0 Å². The van der Waals surface area contributed by atoms with Crippen LogP contribution in [0.2, 0.25) is 0 Å². The van der Waals surface area contributed by atoms with E-state index >= 15 is 0 Å². The lowest BCUT2D eigenvalue weighted by Crippen LogP contribution is -2.09. The molecule has 0 amide bonds. The zero-order chi connectivity index (χ0) is 18.4. The summed E-state index contributed by atoms with van der Waals surface area (Å²) in [7, 11) is 4.68. The zero-order valence-electron chi connectivity index (χ0n) is 14.8. The largest absolute Gasteiger partial charge is 0.493 e. The van der Waals surface area contributed by atoms with Crippen molar-refractivity contribution in [2.45, 2.75) is 13.0 Å². The summed E-state index contributed by atoms with van der Waals surface area (Å²) in [4.78, 5) is 4.19. The maximum Gasteiger partial charge on any atom is 0.216 e. The molecule has 5 nitrogen and oxygen atoms in total. The molecule has 5 heteroatoms. The maximum atomic E-state index is 5.74. The van der Waals surface area contributed by atoms with Crippen molar-refractivity contribution >= 4 is 5.57 Å². The molecule has 1 atom stereocenters. The molecule has 0 aliphatic rings. The first-order chi connectivity index (χ1) is 12.0. The monoisotopic (exact) mass is 339 g/mol. The number of rotatable bonds is 7. The average molecular weight is 339 g/mol. The number of benzene rings is 1. The molecule has 0 saturated carbocycles. The van der Waals surface area contributed by atoms with E-state index in [1.165, 1.54) is 0 Å². The maximum absolute atomic E-state index is 5.74. The lowest BCUT2D eigenvalue weighted by molar-refractivity contribution is 0.262. The Hall–Kier alpha value is -3.13. The number of hydrogen-bond acceptors (Lipinski definition) is 5. The van der Waals surface area contributed by atoms with Gasteiger partial charge >= 0.3 is 0 Å². The molecule has 0 saturated heterocycles. The van der Waals surface area contributed by atoms with Gasteiger partial charge in [-0.1, -0.05) is 18.6 Å². The molecule has 1 aromatic carbocycles. The second-order valence-corrected chi connectivity index (χ2v) is 5.21. The van der Waals surface area contributed by atoms with Crippen molar-refractivity contribution in [1.82, 2.24) is 4.98 Å². The van der Waals surface area contributed by atoms with Gasteiger partial charge in [-0.05, 0) is 35.8 Å². The van der Waals surface area contributed by atoms with Crippen molar-refractivity contribution in [3.8, 4) is 35.6 Å². The predicted molar refractivity (Wildman–Crippen MR) is 97.4 cm³/mol. The SMILES string of the molecule is C#CC(C)Oc1cc(C(=C)c2cc(OC)nc(OC)c2)ccc1OC. The van der Waals surface area contributed by atoms with Crippen LogP contribution in [0, 0.1) is 12.3 Å². The van der Waals surface area contributed by atoms with E-state index in [2.05, 4.69) is 17.5 Å². The standard InChI is InChI=1S/C20H21NO4/c1-7-13(2)25-18-10-15(8-9-17(18)22-4)14(3)16-11-19(23-5)21-20(12-16)24-6/h1,8-13H,3H2,2,4-6H3. The third-order valence-corrected chi connectivity index (χ3v) is 3.60. The summed E-state index contributed by atoms with van der Waals surface area (Å²) < 4.78 is 21.5. The van der Waals surface area contributed by atoms with Crippen LogP contribution in [0.25, 0.3) is 5.57 Å². The van der Waals surface area contributed by atoms with Gasteiger partial charge in [0.2, 0.25) is 11.8 Å². The van der Waals surface area contributed by atoms with Crippen LogP contribution in [-0.4, -0.2) is 32.4 Å². The van der Waals surface area contributed by atoms with Crippen LogP contribution >= 0.6 is 0 Å². The highest BCUT2D eigenvalue weighted by molar-refractivity contribution is 5.80. The summed E-state index contributed by atoms with van der Waals surface area (Å²) >= 11 is 0. The van der Waals surface area contributed by atoms with Gasteiger partial charge in [0.1, 0.15) is 0 Å². The Morgan fingerprint density at radius 3 is 2.16 bits per heavy atom. The Morgan fingerprint density at radius 2 is 1.64 bits per heavy atom. The van der Waals surface area contributed by atoms with Gasteiger partial charge in [-0.15, -0.1) is 6.42 Å². The zero-order valence-corrected chi connectivity index (χ0v) is 14.8. The summed E-state index contributed by atoms with van der Waals surface area (Å²) in [5.41, 5.74) is 2.44. The molecule has 0 fully saturated rings. The summed E-state index contributed by atoms with van der Waals surface area (Å²) in [6, 6.07) is 9.14. The molecule has 0 radical (unpaired) electrons. The molecule has 0 spiro atoms. The van der Waals surface area contributed by atoms with Crippen molar-refractivity contribution in [3.63, 3.8) is 0 Å². The van der Waals surface area contributed by atoms with Crippen LogP contribution in [0.5, 0.6) is 23.3 Å². The van der Waals surface area contributed by atoms with E-state index in [4.69, 9.17) is 25.4 Å². The van der Waals surface area contributed by atoms with E-state index in [0.717, 1.165) is 16.7 Å². The van der Waals surface area contributed by atoms with Gasteiger partial charge in [-0.3, -0.25) is 0 Å². The number of aromatic nitrogens is 1. The lowest BCUT2D eigenvalue weighted by atomic mass is 10.00. The normalized spacial score (nSPS) is 11.2. The molecule has 0 aliphatic carbocycles. The van der Waals surface area contributed by atoms with E-state index in [9.17, 15) is 0 Å². The Kier molecular flexibility index (Phi) is 5.91. The molecule has 0 N–H and O–H groups in total. The van der Waals surface area contributed by atoms with E-state index in [-0.39, 0.29) is 6.10 Å². The van der Waals surface area contributed by atoms with Gasteiger partial charge in [-0.25, -0.2) is 0 Å². The van der Waals surface area contributed by atoms with Crippen molar-refractivity contribution in [3.05, 3.63) is 48.0 Å². The number of hydrogen-bond donors (Lipinski definition) is 0. The second-order valence-electron chi connectivity index (χ2n) is 5.21. The third-order valence-electron chi connectivity index (χ3n) is 3.60. The molecule has 0 aliphatic heterocycles. The number of methoxy groups -OCH3 is 3. The Balaban J connectivity index is 2.42. The predicted octanol–water partition coefficient (Wildman–Crippen LogP) is 3.57. The fourth-order valence-corrected chi connectivity index (χ4v) is 2.21. The summed E-state index contributed by atoms with van der Waals surface area (Å²) in [6.07, 6.45) is 5.02. The minimum Gasteiger partial charge on any atom is -0.493 e. The summed E-state index contributed by atoms with van der Waals surface area (Å²) in [6.45, 7) is 5.96. The van der Waals surface area contributed by atoms with Gasteiger partial charge in [0, 0.05) is 12.1 Å². The van der Waals surface area contributed by atoms with E-state index < -0.39 is 0 Å². The Labute approximate surface area is 148 Å². The summed E-state index contributed by atoms with van der Waals surface area (Å²) in [5.74, 6) is 4.58. The smallest absolute Gasteiger partial charge is 0.216 e. The van der Waals surface area contributed by atoms with Crippen LogP contribution in [0.3, 0.4) is 0 Å². The molecule has 1 aromatic heterocycles. The van der Waals surface area contributed by atoms with Crippen molar-refractivity contribution in [2.75, 3.05) is 21.3 Å². The minimum atomic E-state index is -0.376. The van der Waals surface area contributed by atoms with Crippen LogP contribution in [0.15, 0.2) is 36.9 Å². The molecule has 25 heavy (non-hydrogen) atoms. The first-order valence-electron chi connectivity index (χ1n) is 7.63. The van der Waals surface area contributed by atoms with Gasteiger partial charge < -0.3 is 18.9 Å². The topological polar surface area (TPSA) is 49.8 Å². The first kappa shape index (κ1) is 18.2. The van der Waals surface area contributed by atoms with Crippen LogP contribution in [0.4, 0.5) is 0 Å². The van der Waals surface area contributed by atoms with Crippen LogP contribution < -0.4 is 18.9 Å².